The molecule has 1 aromatic rings. The van der Waals surface area contributed by atoms with Gasteiger partial charge in [0.1, 0.15) is 5.75 Å². The highest BCUT2D eigenvalue weighted by molar-refractivity contribution is 5.80. The average Bonchev–Trinajstić information content (AvgIpc) is 2.95. The molecule has 1 saturated carbocycles. The number of benzene rings is 1. The van der Waals surface area contributed by atoms with Crippen LogP contribution in [0.3, 0.4) is 0 Å². The van der Waals surface area contributed by atoms with Crippen molar-refractivity contribution in [3.05, 3.63) is 29.8 Å². The first-order chi connectivity index (χ1) is 11.7. The second-order valence-electron chi connectivity index (χ2n) is 7.42. The molecule has 1 aliphatic heterocycles. The van der Waals surface area contributed by atoms with Gasteiger partial charge in [-0.2, -0.15) is 0 Å². The van der Waals surface area contributed by atoms with Crippen molar-refractivity contribution in [2.75, 3.05) is 13.1 Å². The third kappa shape index (κ3) is 4.65. The van der Waals surface area contributed by atoms with Gasteiger partial charge in [0.25, 0.3) is 0 Å². The molecule has 0 radical (unpaired) electrons. The van der Waals surface area contributed by atoms with E-state index in [1.54, 1.807) is 12.1 Å². The number of rotatable bonds is 7. The Morgan fingerprint density at radius 2 is 1.83 bits per heavy atom. The highest BCUT2D eigenvalue weighted by Gasteiger charge is 2.25. The molecule has 1 aromatic carbocycles. The zero-order valence-electron chi connectivity index (χ0n) is 14.7. The Morgan fingerprint density at radius 1 is 1.08 bits per heavy atom. The summed E-state index contributed by atoms with van der Waals surface area (Å²) in [4.78, 5) is 6.74. The highest BCUT2D eigenvalue weighted by atomic mass is 16.3. The molecule has 0 saturated heterocycles. The van der Waals surface area contributed by atoms with E-state index in [0.717, 1.165) is 25.4 Å². The Hall–Kier alpha value is -1.71. The number of nitrogens with two attached hydrogens (primary N) is 1. The summed E-state index contributed by atoms with van der Waals surface area (Å²) in [5, 5.41) is 9.41. The molecule has 2 aliphatic rings. The Kier molecular flexibility index (Phi) is 6.00. The molecule has 0 amide bonds. The van der Waals surface area contributed by atoms with Crippen LogP contribution in [0.4, 0.5) is 0 Å². The van der Waals surface area contributed by atoms with Gasteiger partial charge in [-0.05, 0) is 36.5 Å². The Labute approximate surface area is 145 Å². The van der Waals surface area contributed by atoms with Crippen LogP contribution in [0.5, 0.6) is 5.75 Å². The Balaban J connectivity index is 1.43. The first-order valence-corrected chi connectivity index (χ1v) is 9.57. The molecule has 3 N–H and O–H groups in total. The minimum Gasteiger partial charge on any atom is -0.508 e. The lowest BCUT2D eigenvalue weighted by atomic mass is 9.86. The minimum atomic E-state index is 0.320. The van der Waals surface area contributed by atoms with Crippen molar-refractivity contribution in [2.24, 2.45) is 16.6 Å². The van der Waals surface area contributed by atoms with E-state index in [1.165, 1.54) is 56.9 Å². The first-order valence-electron chi connectivity index (χ1n) is 9.57. The highest BCUT2D eigenvalue weighted by Crippen LogP contribution is 2.28. The number of phenolic OH excluding ortho intramolecular Hbond substituents is 1. The van der Waals surface area contributed by atoms with Gasteiger partial charge in [-0.15, -0.1) is 0 Å². The third-order valence-electron chi connectivity index (χ3n) is 5.59. The SMILES string of the molecule is NC1=NC[C@@H](Cc2ccc(O)cc2)N1CCCCC1CCCCC1. The second kappa shape index (κ2) is 8.41. The van der Waals surface area contributed by atoms with E-state index in [0.29, 0.717) is 17.8 Å². The molecule has 0 bridgehead atoms. The quantitative estimate of drug-likeness (QED) is 0.750. The van der Waals surface area contributed by atoms with Crippen molar-refractivity contribution in [3.63, 3.8) is 0 Å². The molecule has 132 valence electrons. The van der Waals surface area contributed by atoms with Crippen LogP contribution in [0.15, 0.2) is 29.3 Å². The molecular formula is C20H31N3O. The van der Waals surface area contributed by atoms with Gasteiger partial charge in [0.15, 0.2) is 5.96 Å². The summed E-state index contributed by atoms with van der Waals surface area (Å²) in [7, 11) is 0. The summed E-state index contributed by atoms with van der Waals surface area (Å²) in [6.45, 7) is 1.81. The molecule has 1 aliphatic carbocycles. The maximum Gasteiger partial charge on any atom is 0.191 e. The van der Waals surface area contributed by atoms with Crippen molar-refractivity contribution in [1.29, 1.82) is 0 Å². The van der Waals surface area contributed by atoms with Crippen molar-refractivity contribution in [3.8, 4) is 5.75 Å². The molecule has 4 heteroatoms. The topological polar surface area (TPSA) is 61.9 Å². The van der Waals surface area contributed by atoms with E-state index >= 15 is 0 Å². The van der Waals surface area contributed by atoms with Crippen LogP contribution >= 0.6 is 0 Å². The van der Waals surface area contributed by atoms with Gasteiger partial charge >= 0.3 is 0 Å². The monoisotopic (exact) mass is 329 g/mol. The van der Waals surface area contributed by atoms with Crippen LogP contribution in [0.1, 0.15) is 56.9 Å². The number of phenols is 1. The number of hydrogen-bond acceptors (Lipinski definition) is 4. The molecule has 0 spiro atoms. The zero-order chi connectivity index (χ0) is 16.8. The number of unbranched alkanes of at least 4 members (excludes halogenated alkanes) is 1. The maximum atomic E-state index is 9.41. The van der Waals surface area contributed by atoms with Crippen molar-refractivity contribution >= 4 is 5.96 Å². The molecule has 1 atom stereocenters. The number of hydrogen-bond donors (Lipinski definition) is 2. The van der Waals surface area contributed by atoms with Crippen LogP contribution in [0.2, 0.25) is 0 Å². The summed E-state index contributed by atoms with van der Waals surface area (Å²) < 4.78 is 0. The maximum absolute atomic E-state index is 9.41. The van der Waals surface area contributed by atoms with E-state index in [9.17, 15) is 5.11 Å². The summed E-state index contributed by atoms with van der Waals surface area (Å²) in [5.74, 6) is 1.99. The van der Waals surface area contributed by atoms with Crippen molar-refractivity contribution < 1.29 is 5.11 Å². The van der Waals surface area contributed by atoms with Crippen LogP contribution < -0.4 is 5.73 Å². The normalized spacial score (nSPS) is 21.9. The number of aromatic hydroxyl groups is 1. The van der Waals surface area contributed by atoms with Gasteiger partial charge in [-0.25, -0.2) is 0 Å². The smallest absolute Gasteiger partial charge is 0.191 e. The Bertz CT molecular complexity index is 534. The zero-order valence-corrected chi connectivity index (χ0v) is 14.7. The fourth-order valence-electron chi connectivity index (χ4n) is 4.14. The molecular weight excluding hydrogens is 298 g/mol. The molecule has 4 nitrogen and oxygen atoms in total. The Morgan fingerprint density at radius 3 is 2.58 bits per heavy atom. The van der Waals surface area contributed by atoms with Gasteiger partial charge in [-0.1, -0.05) is 57.1 Å². The molecule has 0 unspecified atom stereocenters. The first kappa shape index (κ1) is 17.1. The van der Waals surface area contributed by atoms with E-state index in [1.807, 2.05) is 12.1 Å². The average molecular weight is 329 g/mol. The summed E-state index contributed by atoms with van der Waals surface area (Å²) >= 11 is 0. The third-order valence-corrected chi connectivity index (χ3v) is 5.59. The fourth-order valence-corrected chi connectivity index (χ4v) is 4.14. The predicted octanol–water partition coefficient (Wildman–Crippen LogP) is 3.68. The fraction of sp³-hybridized carbons (Fsp3) is 0.650. The largest absolute Gasteiger partial charge is 0.508 e. The van der Waals surface area contributed by atoms with Gasteiger partial charge in [-0.3, -0.25) is 4.99 Å². The van der Waals surface area contributed by atoms with Crippen molar-refractivity contribution in [1.82, 2.24) is 4.90 Å². The van der Waals surface area contributed by atoms with E-state index < -0.39 is 0 Å². The summed E-state index contributed by atoms with van der Waals surface area (Å²) in [6.07, 6.45) is 12.0. The lowest BCUT2D eigenvalue weighted by Crippen LogP contribution is -2.42. The standard InChI is InChI=1S/C20H31N3O/c21-20-22-15-18(14-17-9-11-19(24)12-10-17)23(20)13-5-4-8-16-6-2-1-3-7-16/h9-12,16,18,24H,1-8,13-15H2,(H2,21,22)/t18-/m1/s1. The molecule has 1 heterocycles. The van der Waals surface area contributed by atoms with Crippen LogP contribution in [-0.4, -0.2) is 35.1 Å². The lowest BCUT2D eigenvalue weighted by Gasteiger charge is -2.27. The van der Waals surface area contributed by atoms with Gasteiger partial charge < -0.3 is 15.7 Å². The molecule has 3 rings (SSSR count). The van der Waals surface area contributed by atoms with E-state index in [-0.39, 0.29) is 0 Å². The van der Waals surface area contributed by atoms with Gasteiger partial charge in [0.05, 0.1) is 12.6 Å². The van der Waals surface area contributed by atoms with Crippen LogP contribution in [-0.2, 0) is 6.42 Å². The second-order valence-corrected chi connectivity index (χ2v) is 7.42. The van der Waals surface area contributed by atoms with E-state index in [4.69, 9.17) is 5.73 Å². The number of nitrogens with zero attached hydrogens (tertiary/aromatic N) is 2. The number of aliphatic imine (C=N–C) groups is 1. The van der Waals surface area contributed by atoms with Crippen LogP contribution in [0.25, 0.3) is 0 Å². The molecule has 24 heavy (non-hydrogen) atoms. The van der Waals surface area contributed by atoms with Gasteiger partial charge in [0.2, 0.25) is 0 Å². The lowest BCUT2D eigenvalue weighted by molar-refractivity contribution is 0.302. The summed E-state index contributed by atoms with van der Waals surface area (Å²) in [6, 6.07) is 7.85. The minimum absolute atomic E-state index is 0.320. The van der Waals surface area contributed by atoms with Gasteiger partial charge in [0, 0.05) is 6.54 Å². The van der Waals surface area contributed by atoms with Crippen molar-refractivity contribution in [2.45, 2.75) is 63.8 Å². The molecule has 0 aromatic heterocycles. The summed E-state index contributed by atoms with van der Waals surface area (Å²) in [5.41, 5.74) is 7.34. The molecule has 1 fully saturated rings. The predicted molar refractivity (Wildman–Crippen MR) is 99.2 cm³/mol. The number of guanidine groups is 1. The van der Waals surface area contributed by atoms with Crippen LogP contribution in [0, 0.1) is 5.92 Å². The van der Waals surface area contributed by atoms with E-state index in [2.05, 4.69) is 9.89 Å².